The van der Waals surface area contributed by atoms with E-state index in [2.05, 4.69) is 48.3 Å². The number of nitrogens with one attached hydrogen (secondary N) is 1. The van der Waals surface area contributed by atoms with Crippen LogP contribution in [-0.2, 0) is 13.5 Å². The van der Waals surface area contributed by atoms with Crippen LogP contribution >= 0.6 is 43.5 Å². The minimum absolute atomic E-state index is 0.187. The van der Waals surface area contributed by atoms with E-state index in [1.54, 1.807) is 0 Å². The van der Waals surface area contributed by atoms with E-state index in [-0.39, 0.29) is 6.04 Å². The van der Waals surface area contributed by atoms with Gasteiger partial charge in [-0.25, -0.2) is 0 Å². The molecule has 3 nitrogen and oxygen atoms in total. The van der Waals surface area contributed by atoms with E-state index < -0.39 is 0 Å². The topological polar surface area (TPSA) is 29.9 Å². The molecule has 6 heteroatoms. The van der Waals surface area contributed by atoms with E-state index in [1.165, 1.54) is 5.69 Å². The maximum Gasteiger partial charge on any atom is 0.0738 e. The standard InChI is InChI=1S/C14H16Br2ClN3/c1-8-14(16)13(20(3)19-8)7-12(18-2)9-4-5-10(15)11(17)6-9/h4-6,12,18H,7H2,1-3H3. The number of hydrogen-bond donors (Lipinski definition) is 1. The summed E-state index contributed by atoms with van der Waals surface area (Å²) in [6.45, 7) is 2.00. The zero-order valence-electron chi connectivity index (χ0n) is 11.5. The molecule has 2 rings (SSSR count). The zero-order valence-corrected chi connectivity index (χ0v) is 15.5. The SMILES string of the molecule is CNC(Cc1c(Br)c(C)nn1C)c1ccc(Br)c(Cl)c1. The molecule has 108 valence electrons. The highest BCUT2D eigenvalue weighted by atomic mass is 79.9. The Kier molecular flexibility index (Phi) is 5.29. The molecule has 0 saturated heterocycles. The monoisotopic (exact) mass is 419 g/mol. The largest absolute Gasteiger partial charge is 0.313 e. The van der Waals surface area contributed by atoms with Crippen molar-refractivity contribution in [1.82, 2.24) is 15.1 Å². The summed E-state index contributed by atoms with van der Waals surface area (Å²) >= 11 is 13.2. The third-order valence-corrected chi connectivity index (χ3v) is 5.62. The third-order valence-electron chi connectivity index (χ3n) is 3.35. The lowest BCUT2D eigenvalue weighted by Crippen LogP contribution is -2.20. The van der Waals surface area contributed by atoms with Crippen molar-refractivity contribution in [1.29, 1.82) is 0 Å². The molecule has 1 aromatic carbocycles. The lowest BCUT2D eigenvalue weighted by Gasteiger charge is -2.18. The van der Waals surface area contributed by atoms with Crippen molar-refractivity contribution >= 4 is 43.5 Å². The van der Waals surface area contributed by atoms with Crippen molar-refractivity contribution in [3.8, 4) is 0 Å². The molecule has 0 aliphatic carbocycles. The molecule has 1 N–H and O–H groups in total. The van der Waals surface area contributed by atoms with E-state index in [0.717, 1.165) is 31.6 Å². The Morgan fingerprint density at radius 2 is 2.10 bits per heavy atom. The first-order valence-corrected chi connectivity index (χ1v) is 8.20. The highest BCUT2D eigenvalue weighted by Gasteiger charge is 2.17. The molecule has 0 bridgehead atoms. The van der Waals surface area contributed by atoms with Crippen LogP contribution in [0.15, 0.2) is 27.1 Å². The van der Waals surface area contributed by atoms with Crippen molar-refractivity contribution in [3.05, 3.63) is 49.1 Å². The van der Waals surface area contributed by atoms with Crippen LogP contribution in [0.2, 0.25) is 5.02 Å². The van der Waals surface area contributed by atoms with Crippen LogP contribution in [0.25, 0.3) is 0 Å². The Labute approximate surface area is 141 Å². The van der Waals surface area contributed by atoms with E-state index in [4.69, 9.17) is 11.6 Å². The molecule has 0 amide bonds. The first-order chi connectivity index (χ1) is 9.43. The molecule has 1 heterocycles. The number of hydrogen-bond acceptors (Lipinski definition) is 2. The predicted molar refractivity (Wildman–Crippen MR) is 90.3 cm³/mol. The zero-order chi connectivity index (χ0) is 14.9. The third kappa shape index (κ3) is 3.27. The van der Waals surface area contributed by atoms with Crippen LogP contribution in [0.5, 0.6) is 0 Å². The Morgan fingerprint density at radius 3 is 2.60 bits per heavy atom. The van der Waals surface area contributed by atoms with E-state index in [9.17, 15) is 0 Å². The van der Waals surface area contributed by atoms with Gasteiger partial charge in [-0.15, -0.1) is 0 Å². The quantitative estimate of drug-likeness (QED) is 0.793. The normalized spacial score (nSPS) is 12.7. The average molecular weight is 422 g/mol. The van der Waals surface area contributed by atoms with Gasteiger partial charge in [0.1, 0.15) is 0 Å². The number of benzene rings is 1. The van der Waals surface area contributed by atoms with Gasteiger partial charge in [-0.2, -0.15) is 5.10 Å². The van der Waals surface area contributed by atoms with Crippen molar-refractivity contribution < 1.29 is 0 Å². The second-order valence-corrected chi connectivity index (χ2v) is 6.74. The summed E-state index contributed by atoms with van der Waals surface area (Å²) in [5, 5.41) is 8.50. The number of halogens is 3. The fourth-order valence-corrected chi connectivity index (χ4v) is 3.14. The number of aryl methyl sites for hydroxylation is 2. The molecule has 0 aliphatic heterocycles. The predicted octanol–water partition coefficient (Wildman–Crippen LogP) is 4.41. The molecule has 0 aliphatic rings. The highest BCUT2D eigenvalue weighted by Crippen LogP contribution is 2.29. The molecule has 0 spiro atoms. The molecule has 1 unspecified atom stereocenters. The second-order valence-electron chi connectivity index (χ2n) is 4.69. The summed E-state index contributed by atoms with van der Waals surface area (Å²) in [7, 11) is 3.92. The molecule has 1 atom stereocenters. The smallest absolute Gasteiger partial charge is 0.0738 e. The van der Waals surface area contributed by atoms with E-state index >= 15 is 0 Å². The van der Waals surface area contributed by atoms with Crippen molar-refractivity contribution in [2.24, 2.45) is 7.05 Å². The van der Waals surface area contributed by atoms with Gasteiger partial charge in [0.05, 0.1) is 20.9 Å². The van der Waals surface area contributed by atoms with Gasteiger partial charge >= 0.3 is 0 Å². The molecule has 0 fully saturated rings. The van der Waals surface area contributed by atoms with Gasteiger partial charge in [-0.05, 0) is 63.5 Å². The van der Waals surface area contributed by atoms with Gasteiger partial charge in [0, 0.05) is 24.0 Å². The molecule has 1 aromatic heterocycles. The van der Waals surface area contributed by atoms with Gasteiger partial charge < -0.3 is 5.32 Å². The highest BCUT2D eigenvalue weighted by molar-refractivity contribution is 9.10. The lowest BCUT2D eigenvalue weighted by atomic mass is 10.0. The minimum atomic E-state index is 0.187. The molecule has 0 saturated carbocycles. The molecular weight excluding hydrogens is 405 g/mol. The van der Waals surface area contributed by atoms with E-state index in [1.807, 2.05) is 37.8 Å². The van der Waals surface area contributed by atoms with Crippen LogP contribution in [0.3, 0.4) is 0 Å². The summed E-state index contributed by atoms with van der Waals surface area (Å²) in [4.78, 5) is 0. The first-order valence-electron chi connectivity index (χ1n) is 6.24. The summed E-state index contributed by atoms with van der Waals surface area (Å²) in [6.07, 6.45) is 0.840. The Balaban J connectivity index is 2.31. The first kappa shape index (κ1) is 16.0. The molecule has 2 aromatic rings. The maximum atomic E-state index is 6.18. The van der Waals surface area contributed by atoms with Crippen LogP contribution < -0.4 is 5.32 Å². The second kappa shape index (κ2) is 6.60. The number of rotatable bonds is 4. The summed E-state index contributed by atoms with van der Waals surface area (Å²) in [5.41, 5.74) is 3.33. The van der Waals surface area contributed by atoms with Crippen molar-refractivity contribution in [2.45, 2.75) is 19.4 Å². The van der Waals surface area contributed by atoms with Crippen molar-refractivity contribution in [3.63, 3.8) is 0 Å². The maximum absolute atomic E-state index is 6.18. The number of aromatic nitrogens is 2. The average Bonchev–Trinajstić information content (AvgIpc) is 2.65. The lowest BCUT2D eigenvalue weighted by molar-refractivity contribution is 0.560. The van der Waals surface area contributed by atoms with Crippen LogP contribution in [-0.4, -0.2) is 16.8 Å². The van der Waals surface area contributed by atoms with Crippen LogP contribution in [0.1, 0.15) is 23.0 Å². The fourth-order valence-electron chi connectivity index (χ4n) is 2.21. The van der Waals surface area contributed by atoms with Gasteiger partial charge in [0.2, 0.25) is 0 Å². The molecule has 0 radical (unpaired) electrons. The Hall–Kier alpha value is -0.360. The van der Waals surface area contributed by atoms with Gasteiger partial charge in [-0.3, -0.25) is 4.68 Å². The van der Waals surface area contributed by atoms with Crippen LogP contribution in [0.4, 0.5) is 0 Å². The van der Waals surface area contributed by atoms with Gasteiger partial charge in [0.15, 0.2) is 0 Å². The van der Waals surface area contributed by atoms with Crippen molar-refractivity contribution in [2.75, 3.05) is 7.05 Å². The summed E-state index contributed by atoms with van der Waals surface area (Å²) in [6, 6.07) is 6.23. The summed E-state index contributed by atoms with van der Waals surface area (Å²) in [5.74, 6) is 0. The van der Waals surface area contributed by atoms with Gasteiger partial charge in [0.25, 0.3) is 0 Å². The Morgan fingerprint density at radius 1 is 1.40 bits per heavy atom. The van der Waals surface area contributed by atoms with Crippen LogP contribution in [0, 0.1) is 6.92 Å². The number of likely N-dealkylation sites (N-methyl/N-ethyl adjacent to an activating group) is 1. The summed E-state index contributed by atoms with van der Waals surface area (Å²) < 4.78 is 3.91. The Bertz CT molecular complexity index is 625. The number of nitrogens with zero attached hydrogens (tertiary/aromatic N) is 2. The fraction of sp³-hybridized carbons (Fsp3) is 0.357. The van der Waals surface area contributed by atoms with E-state index in [0.29, 0.717) is 0 Å². The molecular formula is C14H16Br2ClN3. The van der Waals surface area contributed by atoms with Gasteiger partial charge in [-0.1, -0.05) is 17.7 Å². The molecule has 20 heavy (non-hydrogen) atoms. The minimum Gasteiger partial charge on any atom is -0.313 e.